The van der Waals surface area contributed by atoms with Gasteiger partial charge in [0.25, 0.3) is 5.91 Å². The Morgan fingerprint density at radius 1 is 1.14 bits per heavy atom. The Morgan fingerprint density at radius 2 is 1.82 bits per heavy atom. The van der Waals surface area contributed by atoms with Crippen molar-refractivity contribution in [2.75, 3.05) is 18.5 Å². The van der Waals surface area contributed by atoms with E-state index >= 15 is 0 Å². The maximum absolute atomic E-state index is 12.7. The molecule has 0 saturated heterocycles. The standard InChI is InChI=1S/C22H23BrN2O3/c1-5-27-20-12-21(28-6-2)18(23)11-16(20)10-17(13-24)22(26)25-19-9-14(3)7-8-15(19)4/h7-12H,5-6H2,1-4H3,(H,25,26)/b17-10+. The molecule has 0 radical (unpaired) electrons. The van der Waals surface area contributed by atoms with Crippen molar-refractivity contribution in [3.05, 3.63) is 57.1 Å². The van der Waals surface area contributed by atoms with Crippen molar-refractivity contribution >= 4 is 33.6 Å². The fourth-order valence-corrected chi connectivity index (χ4v) is 3.05. The Hall–Kier alpha value is -2.78. The van der Waals surface area contributed by atoms with Gasteiger partial charge in [-0.15, -0.1) is 0 Å². The lowest BCUT2D eigenvalue weighted by Crippen LogP contribution is -2.14. The second-order valence-electron chi connectivity index (χ2n) is 6.13. The van der Waals surface area contributed by atoms with Crippen LogP contribution in [0, 0.1) is 25.2 Å². The van der Waals surface area contributed by atoms with Gasteiger partial charge in [-0.3, -0.25) is 4.79 Å². The molecule has 0 aliphatic rings. The SMILES string of the molecule is CCOc1cc(OCC)c(/C=C(\C#N)C(=O)Nc2cc(C)ccc2C)cc1Br. The van der Waals surface area contributed by atoms with Crippen LogP contribution in [0.15, 0.2) is 40.4 Å². The summed E-state index contributed by atoms with van der Waals surface area (Å²) in [4.78, 5) is 12.7. The third kappa shape index (κ3) is 5.37. The zero-order valence-electron chi connectivity index (χ0n) is 16.4. The van der Waals surface area contributed by atoms with Crippen molar-refractivity contribution in [2.45, 2.75) is 27.7 Å². The van der Waals surface area contributed by atoms with Gasteiger partial charge in [0.15, 0.2) is 0 Å². The summed E-state index contributed by atoms with van der Waals surface area (Å²) >= 11 is 3.46. The number of hydrogen-bond acceptors (Lipinski definition) is 4. The number of benzene rings is 2. The van der Waals surface area contributed by atoms with Crippen LogP contribution < -0.4 is 14.8 Å². The molecule has 2 rings (SSSR count). The molecule has 0 atom stereocenters. The van der Waals surface area contributed by atoms with Crippen LogP contribution in [0.5, 0.6) is 11.5 Å². The number of amides is 1. The topological polar surface area (TPSA) is 71.3 Å². The van der Waals surface area contributed by atoms with Crippen LogP contribution in [0.25, 0.3) is 6.08 Å². The van der Waals surface area contributed by atoms with E-state index in [0.717, 1.165) is 15.6 Å². The Balaban J connectivity index is 2.40. The van der Waals surface area contributed by atoms with E-state index in [4.69, 9.17) is 9.47 Å². The van der Waals surface area contributed by atoms with Gasteiger partial charge in [-0.05, 0) is 73.0 Å². The maximum atomic E-state index is 12.7. The first kappa shape index (κ1) is 21.5. The smallest absolute Gasteiger partial charge is 0.266 e. The predicted molar refractivity (Wildman–Crippen MR) is 115 cm³/mol. The summed E-state index contributed by atoms with van der Waals surface area (Å²) < 4.78 is 12.0. The highest BCUT2D eigenvalue weighted by Crippen LogP contribution is 2.34. The lowest BCUT2D eigenvalue weighted by atomic mass is 10.1. The van der Waals surface area contributed by atoms with Crippen LogP contribution in [-0.2, 0) is 4.79 Å². The maximum Gasteiger partial charge on any atom is 0.266 e. The Labute approximate surface area is 174 Å². The lowest BCUT2D eigenvalue weighted by Gasteiger charge is -2.13. The zero-order chi connectivity index (χ0) is 20.7. The highest BCUT2D eigenvalue weighted by molar-refractivity contribution is 9.10. The quantitative estimate of drug-likeness (QED) is 0.459. The van der Waals surface area contributed by atoms with E-state index in [1.54, 1.807) is 12.1 Å². The minimum atomic E-state index is -0.469. The summed E-state index contributed by atoms with van der Waals surface area (Å²) in [6.07, 6.45) is 1.52. The second kappa shape index (κ2) is 9.95. The number of nitrogens with one attached hydrogen (secondary N) is 1. The molecule has 0 aromatic heterocycles. The van der Waals surface area contributed by atoms with Crippen LogP contribution in [0.3, 0.4) is 0 Å². The largest absolute Gasteiger partial charge is 0.493 e. The van der Waals surface area contributed by atoms with Crippen molar-refractivity contribution in [3.8, 4) is 17.6 Å². The monoisotopic (exact) mass is 442 g/mol. The van der Waals surface area contributed by atoms with E-state index in [9.17, 15) is 10.1 Å². The number of hydrogen-bond donors (Lipinski definition) is 1. The van der Waals surface area contributed by atoms with Gasteiger partial charge in [0.1, 0.15) is 23.1 Å². The molecule has 0 aliphatic heterocycles. The molecule has 0 heterocycles. The third-order valence-electron chi connectivity index (χ3n) is 3.97. The van der Waals surface area contributed by atoms with Gasteiger partial charge in [0.05, 0.1) is 17.7 Å². The number of carbonyl (C=O) groups excluding carboxylic acids is 1. The van der Waals surface area contributed by atoms with Crippen molar-refractivity contribution in [1.29, 1.82) is 5.26 Å². The van der Waals surface area contributed by atoms with Crippen molar-refractivity contribution in [3.63, 3.8) is 0 Å². The summed E-state index contributed by atoms with van der Waals surface area (Å²) in [5, 5.41) is 12.3. The first-order valence-electron chi connectivity index (χ1n) is 8.99. The first-order valence-corrected chi connectivity index (χ1v) is 9.78. The number of ether oxygens (including phenoxy) is 2. The summed E-state index contributed by atoms with van der Waals surface area (Å²) in [6, 6.07) is 11.3. The van der Waals surface area contributed by atoms with E-state index < -0.39 is 5.91 Å². The molecule has 0 aliphatic carbocycles. The molecule has 5 nitrogen and oxygen atoms in total. The van der Waals surface area contributed by atoms with Crippen molar-refractivity contribution < 1.29 is 14.3 Å². The molecule has 0 bridgehead atoms. The van der Waals surface area contributed by atoms with Gasteiger partial charge in [-0.25, -0.2) is 0 Å². The second-order valence-corrected chi connectivity index (χ2v) is 6.98. The molecule has 2 aromatic carbocycles. The van der Waals surface area contributed by atoms with Gasteiger partial charge in [-0.2, -0.15) is 5.26 Å². The number of aryl methyl sites for hydroxylation is 2. The number of rotatable bonds is 7. The van der Waals surface area contributed by atoms with Gasteiger partial charge in [0.2, 0.25) is 0 Å². The Kier molecular flexibility index (Phi) is 7.65. The van der Waals surface area contributed by atoms with E-state index in [0.29, 0.717) is 36.0 Å². The minimum Gasteiger partial charge on any atom is -0.493 e. The number of halogens is 1. The van der Waals surface area contributed by atoms with E-state index in [1.807, 2.05) is 52.0 Å². The highest BCUT2D eigenvalue weighted by atomic mass is 79.9. The number of carbonyl (C=O) groups is 1. The highest BCUT2D eigenvalue weighted by Gasteiger charge is 2.15. The molecule has 6 heteroatoms. The van der Waals surface area contributed by atoms with E-state index in [-0.39, 0.29) is 5.57 Å². The fraction of sp³-hybridized carbons (Fsp3) is 0.273. The average molecular weight is 443 g/mol. The molecule has 0 spiro atoms. The molecule has 1 N–H and O–H groups in total. The molecule has 1 amide bonds. The Bertz CT molecular complexity index is 946. The fourth-order valence-electron chi connectivity index (χ4n) is 2.57. The molecule has 0 unspecified atom stereocenters. The molecular formula is C22H23BrN2O3. The van der Waals surface area contributed by atoms with E-state index in [1.165, 1.54) is 6.08 Å². The normalized spacial score (nSPS) is 10.9. The number of anilines is 1. The van der Waals surface area contributed by atoms with Gasteiger partial charge in [0, 0.05) is 17.3 Å². The summed E-state index contributed by atoms with van der Waals surface area (Å²) in [5.74, 6) is 0.714. The summed E-state index contributed by atoms with van der Waals surface area (Å²) in [7, 11) is 0. The van der Waals surface area contributed by atoms with Crippen LogP contribution >= 0.6 is 15.9 Å². The van der Waals surface area contributed by atoms with Gasteiger partial charge < -0.3 is 14.8 Å². The molecule has 2 aromatic rings. The van der Waals surface area contributed by atoms with E-state index in [2.05, 4.69) is 21.2 Å². The van der Waals surface area contributed by atoms with Crippen LogP contribution in [0.4, 0.5) is 5.69 Å². The summed E-state index contributed by atoms with van der Waals surface area (Å²) in [5.41, 5.74) is 3.24. The lowest BCUT2D eigenvalue weighted by molar-refractivity contribution is -0.112. The van der Waals surface area contributed by atoms with Crippen LogP contribution in [0.2, 0.25) is 0 Å². The van der Waals surface area contributed by atoms with Crippen molar-refractivity contribution in [1.82, 2.24) is 0 Å². The van der Waals surface area contributed by atoms with Crippen LogP contribution in [0.1, 0.15) is 30.5 Å². The van der Waals surface area contributed by atoms with Gasteiger partial charge in [-0.1, -0.05) is 12.1 Å². The third-order valence-corrected chi connectivity index (χ3v) is 4.59. The van der Waals surface area contributed by atoms with Crippen molar-refractivity contribution in [2.24, 2.45) is 0 Å². The number of nitrogens with zero attached hydrogens (tertiary/aromatic N) is 1. The number of nitriles is 1. The predicted octanol–water partition coefficient (Wildman–Crippen LogP) is 5.41. The molecule has 0 saturated carbocycles. The zero-order valence-corrected chi connectivity index (χ0v) is 18.0. The molecule has 146 valence electrons. The minimum absolute atomic E-state index is 0.0158. The van der Waals surface area contributed by atoms with Crippen LogP contribution in [-0.4, -0.2) is 19.1 Å². The average Bonchev–Trinajstić information content (AvgIpc) is 2.66. The molecule has 28 heavy (non-hydrogen) atoms. The first-order chi connectivity index (χ1) is 13.4. The summed E-state index contributed by atoms with van der Waals surface area (Å²) in [6.45, 7) is 8.58. The molecule has 0 fully saturated rings. The van der Waals surface area contributed by atoms with Gasteiger partial charge >= 0.3 is 0 Å². The molecular weight excluding hydrogens is 420 g/mol. The Morgan fingerprint density at radius 3 is 2.46 bits per heavy atom.